The van der Waals surface area contributed by atoms with Crippen molar-refractivity contribution in [3.63, 3.8) is 0 Å². The smallest absolute Gasteiger partial charge is 0.436 e. The van der Waals surface area contributed by atoms with Gasteiger partial charge in [0, 0.05) is 0 Å². The van der Waals surface area contributed by atoms with E-state index in [0.717, 1.165) is 6.92 Å². The number of esters is 1. The lowest BCUT2D eigenvalue weighted by atomic mass is 10.1. The first-order valence-corrected chi connectivity index (χ1v) is 4.21. The first kappa shape index (κ1) is 13.2. The summed E-state index contributed by atoms with van der Waals surface area (Å²) in [5, 5.41) is 0. The maximum atomic E-state index is 11.6. The van der Waals surface area contributed by atoms with Crippen molar-refractivity contribution in [2.45, 2.75) is 39.8 Å². The van der Waals surface area contributed by atoms with Crippen LogP contribution in [0.1, 0.15) is 27.2 Å². The van der Waals surface area contributed by atoms with Crippen LogP contribution < -0.4 is 0 Å². The van der Waals surface area contributed by atoms with E-state index < -0.39 is 24.5 Å². The minimum atomic E-state index is -4.78. The molecule has 0 aromatic carbocycles. The van der Waals surface area contributed by atoms with Gasteiger partial charge in [-0.25, -0.2) is 0 Å². The Bertz CT molecular complexity index is 191. The summed E-state index contributed by atoms with van der Waals surface area (Å²) in [5.74, 6) is -1.11. The molecule has 0 radical (unpaired) electrons. The lowest BCUT2D eigenvalue weighted by Gasteiger charge is -2.17. The van der Waals surface area contributed by atoms with Crippen molar-refractivity contribution < 1.29 is 27.4 Å². The zero-order chi connectivity index (χ0) is 11.4. The number of ether oxygens (including phenoxy) is 2. The SMILES string of the molecule is CCC(C)C(=O)OC(C)OC(F)(F)F. The maximum Gasteiger partial charge on any atom is 0.525 e. The summed E-state index contributed by atoms with van der Waals surface area (Å²) in [6, 6.07) is 0. The van der Waals surface area contributed by atoms with Crippen molar-refractivity contribution in [1.82, 2.24) is 0 Å². The van der Waals surface area contributed by atoms with Gasteiger partial charge < -0.3 is 4.74 Å². The third-order valence-electron chi connectivity index (χ3n) is 1.60. The maximum absolute atomic E-state index is 11.6. The van der Waals surface area contributed by atoms with Gasteiger partial charge in [0.2, 0.25) is 6.29 Å². The zero-order valence-corrected chi connectivity index (χ0v) is 8.22. The number of carbonyl (C=O) groups is 1. The molecular weight excluding hydrogens is 201 g/mol. The van der Waals surface area contributed by atoms with Crippen molar-refractivity contribution in [2.24, 2.45) is 5.92 Å². The van der Waals surface area contributed by atoms with Gasteiger partial charge >= 0.3 is 12.3 Å². The van der Waals surface area contributed by atoms with Gasteiger partial charge in [-0.1, -0.05) is 13.8 Å². The van der Waals surface area contributed by atoms with Gasteiger partial charge in [0.05, 0.1) is 5.92 Å². The van der Waals surface area contributed by atoms with Crippen LogP contribution in [0.4, 0.5) is 13.2 Å². The molecule has 0 saturated carbocycles. The zero-order valence-electron chi connectivity index (χ0n) is 8.22. The van der Waals surface area contributed by atoms with Crippen molar-refractivity contribution >= 4 is 5.97 Å². The van der Waals surface area contributed by atoms with E-state index in [0.29, 0.717) is 6.42 Å². The van der Waals surface area contributed by atoms with Gasteiger partial charge in [-0.2, -0.15) is 0 Å². The van der Waals surface area contributed by atoms with Crippen LogP contribution in [0.15, 0.2) is 0 Å². The molecule has 0 bridgehead atoms. The molecule has 0 aromatic heterocycles. The average Bonchev–Trinajstić information content (AvgIpc) is 1.99. The highest BCUT2D eigenvalue weighted by Gasteiger charge is 2.33. The summed E-state index contributed by atoms with van der Waals surface area (Å²) >= 11 is 0. The molecule has 0 amide bonds. The second kappa shape index (κ2) is 5.19. The summed E-state index contributed by atoms with van der Waals surface area (Å²) in [4.78, 5) is 11.0. The predicted octanol–water partition coefficient (Wildman–Crippen LogP) is 2.46. The monoisotopic (exact) mass is 214 g/mol. The van der Waals surface area contributed by atoms with Crippen LogP contribution in [0.3, 0.4) is 0 Å². The Balaban J connectivity index is 3.95. The Morgan fingerprint density at radius 2 is 1.86 bits per heavy atom. The molecule has 0 aliphatic rings. The molecule has 0 aliphatic carbocycles. The molecule has 2 atom stereocenters. The predicted molar refractivity (Wildman–Crippen MR) is 42.1 cm³/mol. The van der Waals surface area contributed by atoms with Gasteiger partial charge in [-0.05, 0) is 13.3 Å². The largest absolute Gasteiger partial charge is 0.525 e. The van der Waals surface area contributed by atoms with Crippen LogP contribution in [0.2, 0.25) is 0 Å². The molecule has 84 valence electrons. The number of carbonyl (C=O) groups excluding carboxylic acids is 1. The normalized spacial score (nSPS) is 16.1. The molecule has 0 aromatic rings. The number of alkyl halides is 3. The van der Waals surface area contributed by atoms with Crippen LogP contribution in [0.25, 0.3) is 0 Å². The van der Waals surface area contributed by atoms with E-state index in [-0.39, 0.29) is 0 Å². The molecule has 0 fully saturated rings. The van der Waals surface area contributed by atoms with Crippen molar-refractivity contribution in [2.75, 3.05) is 0 Å². The van der Waals surface area contributed by atoms with E-state index in [1.165, 1.54) is 0 Å². The second-order valence-corrected chi connectivity index (χ2v) is 2.88. The second-order valence-electron chi connectivity index (χ2n) is 2.88. The van der Waals surface area contributed by atoms with Crippen LogP contribution >= 0.6 is 0 Å². The first-order valence-electron chi connectivity index (χ1n) is 4.21. The molecule has 3 nitrogen and oxygen atoms in total. The fourth-order valence-corrected chi connectivity index (χ4v) is 0.659. The third-order valence-corrected chi connectivity index (χ3v) is 1.60. The molecular formula is C8H13F3O3. The van der Waals surface area contributed by atoms with Crippen molar-refractivity contribution in [1.29, 1.82) is 0 Å². The summed E-state index contributed by atoms with van der Waals surface area (Å²) in [6.07, 6.45) is -5.87. The van der Waals surface area contributed by atoms with Gasteiger partial charge in [0.25, 0.3) is 0 Å². The van der Waals surface area contributed by atoms with Gasteiger partial charge in [-0.3, -0.25) is 9.53 Å². The first-order chi connectivity index (χ1) is 6.26. The molecule has 0 rings (SSSR count). The number of hydrogen-bond donors (Lipinski definition) is 0. The quantitative estimate of drug-likeness (QED) is 0.532. The highest BCUT2D eigenvalue weighted by atomic mass is 19.4. The highest BCUT2D eigenvalue weighted by molar-refractivity contribution is 5.71. The van der Waals surface area contributed by atoms with Crippen molar-refractivity contribution in [3.05, 3.63) is 0 Å². The van der Waals surface area contributed by atoms with Crippen LogP contribution in [-0.2, 0) is 14.3 Å². The number of rotatable bonds is 4. The Morgan fingerprint density at radius 3 is 2.21 bits per heavy atom. The fraction of sp³-hybridized carbons (Fsp3) is 0.875. The molecule has 0 spiro atoms. The fourth-order valence-electron chi connectivity index (χ4n) is 0.659. The Morgan fingerprint density at radius 1 is 1.36 bits per heavy atom. The average molecular weight is 214 g/mol. The van der Waals surface area contributed by atoms with Gasteiger partial charge in [-0.15, -0.1) is 13.2 Å². The minimum absolute atomic E-state index is 0.422. The lowest BCUT2D eigenvalue weighted by molar-refractivity contribution is -0.369. The Kier molecular flexibility index (Phi) is 4.90. The third kappa shape index (κ3) is 5.80. The number of halogens is 3. The summed E-state index contributed by atoms with van der Waals surface area (Å²) in [7, 11) is 0. The topological polar surface area (TPSA) is 35.5 Å². The van der Waals surface area contributed by atoms with E-state index in [1.54, 1.807) is 13.8 Å². The van der Waals surface area contributed by atoms with E-state index in [1.807, 2.05) is 0 Å². The molecule has 6 heteroatoms. The Labute approximate surface area is 80.2 Å². The Hall–Kier alpha value is -0.780. The summed E-state index contributed by atoms with van der Waals surface area (Å²) in [6.45, 7) is 4.33. The molecule has 0 N–H and O–H groups in total. The standard InChI is InChI=1S/C8H13F3O3/c1-4-5(2)7(12)13-6(3)14-8(9,10)11/h5-6H,4H2,1-3H3. The number of hydrogen-bond acceptors (Lipinski definition) is 3. The van der Waals surface area contributed by atoms with Crippen LogP contribution in [0.5, 0.6) is 0 Å². The van der Waals surface area contributed by atoms with E-state index in [9.17, 15) is 18.0 Å². The highest BCUT2D eigenvalue weighted by Crippen LogP contribution is 2.19. The molecule has 0 aliphatic heterocycles. The van der Waals surface area contributed by atoms with E-state index in [4.69, 9.17) is 0 Å². The minimum Gasteiger partial charge on any atom is -0.436 e. The van der Waals surface area contributed by atoms with Gasteiger partial charge in [0.1, 0.15) is 0 Å². The molecule has 2 unspecified atom stereocenters. The van der Waals surface area contributed by atoms with E-state index in [2.05, 4.69) is 9.47 Å². The molecule has 0 heterocycles. The lowest BCUT2D eigenvalue weighted by Crippen LogP contribution is -2.28. The molecule has 0 saturated heterocycles. The summed E-state index contributed by atoms with van der Waals surface area (Å²) in [5.41, 5.74) is 0. The van der Waals surface area contributed by atoms with E-state index >= 15 is 0 Å². The molecule has 14 heavy (non-hydrogen) atoms. The van der Waals surface area contributed by atoms with Crippen LogP contribution in [0, 0.1) is 5.92 Å². The van der Waals surface area contributed by atoms with Gasteiger partial charge in [0.15, 0.2) is 0 Å². The van der Waals surface area contributed by atoms with Crippen LogP contribution in [-0.4, -0.2) is 18.6 Å². The summed E-state index contributed by atoms with van der Waals surface area (Å²) < 4.78 is 42.7. The van der Waals surface area contributed by atoms with Crippen molar-refractivity contribution in [3.8, 4) is 0 Å².